The van der Waals surface area contributed by atoms with Crippen LogP contribution < -0.4 is 5.32 Å². The Hall–Kier alpha value is -1.16. The van der Waals surface area contributed by atoms with Crippen LogP contribution in [0, 0.1) is 6.92 Å². The van der Waals surface area contributed by atoms with Crippen molar-refractivity contribution in [2.24, 2.45) is 0 Å². The van der Waals surface area contributed by atoms with Gasteiger partial charge >= 0.3 is 0 Å². The van der Waals surface area contributed by atoms with Crippen LogP contribution in [0.25, 0.3) is 0 Å². The fraction of sp³-hybridized carbons (Fsp3) is 0.714. The molecule has 1 unspecified atom stereocenters. The average molecular weight is 250 g/mol. The zero-order valence-corrected chi connectivity index (χ0v) is 12.5. The molecule has 4 heteroatoms. The number of rotatable bonds is 6. The topological polar surface area (TPSA) is 41.0 Å². The van der Waals surface area contributed by atoms with Crippen LogP contribution in [0.4, 0.5) is 5.82 Å². The number of hydrogen-bond acceptors (Lipinski definition) is 4. The minimum absolute atomic E-state index is 0.363. The van der Waals surface area contributed by atoms with Gasteiger partial charge in [0.25, 0.3) is 0 Å². The third-order valence-corrected chi connectivity index (χ3v) is 2.79. The molecule has 102 valence electrons. The van der Waals surface area contributed by atoms with Crippen LogP contribution in [0.5, 0.6) is 0 Å². The second-order valence-corrected chi connectivity index (χ2v) is 5.54. The molecule has 0 aliphatic heterocycles. The number of nitrogens with zero attached hydrogens (tertiary/aromatic N) is 3. The van der Waals surface area contributed by atoms with Crippen molar-refractivity contribution in [2.75, 3.05) is 26.0 Å². The quantitative estimate of drug-likeness (QED) is 0.842. The van der Waals surface area contributed by atoms with Crippen molar-refractivity contribution in [3.05, 3.63) is 17.6 Å². The van der Waals surface area contributed by atoms with Crippen LogP contribution in [0.15, 0.2) is 6.07 Å². The van der Waals surface area contributed by atoms with E-state index in [4.69, 9.17) is 0 Å². The number of hydrogen-bond donors (Lipinski definition) is 1. The van der Waals surface area contributed by atoms with E-state index >= 15 is 0 Å². The van der Waals surface area contributed by atoms with E-state index in [0.717, 1.165) is 30.3 Å². The summed E-state index contributed by atoms with van der Waals surface area (Å²) in [5, 5.41) is 3.46. The molecule has 0 amide bonds. The molecule has 1 rings (SSSR count). The summed E-state index contributed by atoms with van der Waals surface area (Å²) in [5.74, 6) is 2.22. The standard InChI is InChI=1S/C14H26N4/c1-10(2)14-16-12(4)9-13(17-14)15-11(3)7-8-18(5)6/h9-11H,7-8H2,1-6H3,(H,15,16,17). The second kappa shape index (κ2) is 6.69. The molecule has 18 heavy (non-hydrogen) atoms. The fourth-order valence-electron chi connectivity index (χ4n) is 1.70. The summed E-state index contributed by atoms with van der Waals surface area (Å²) < 4.78 is 0. The Morgan fingerprint density at radius 1 is 1.22 bits per heavy atom. The number of aromatic nitrogens is 2. The molecule has 0 bridgehead atoms. The van der Waals surface area contributed by atoms with Crippen molar-refractivity contribution in [3.8, 4) is 0 Å². The van der Waals surface area contributed by atoms with Gasteiger partial charge in [-0.3, -0.25) is 0 Å². The SMILES string of the molecule is Cc1cc(NC(C)CCN(C)C)nc(C(C)C)n1. The van der Waals surface area contributed by atoms with Gasteiger partial charge in [-0.25, -0.2) is 9.97 Å². The molecule has 1 atom stereocenters. The number of aryl methyl sites for hydroxylation is 1. The summed E-state index contributed by atoms with van der Waals surface area (Å²) in [7, 11) is 4.19. The van der Waals surface area contributed by atoms with Gasteiger partial charge in [0.15, 0.2) is 0 Å². The molecular formula is C14H26N4. The van der Waals surface area contributed by atoms with Crippen LogP contribution in [0.1, 0.15) is 44.6 Å². The Morgan fingerprint density at radius 3 is 2.44 bits per heavy atom. The van der Waals surface area contributed by atoms with Crippen LogP contribution in [-0.4, -0.2) is 41.5 Å². The normalized spacial score (nSPS) is 13.1. The second-order valence-electron chi connectivity index (χ2n) is 5.54. The summed E-state index contributed by atoms with van der Waals surface area (Å²) in [6, 6.07) is 2.43. The Bertz CT molecular complexity index is 374. The molecule has 0 radical (unpaired) electrons. The molecule has 0 saturated carbocycles. The highest BCUT2D eigenvalue weighted by Crippen LogP contribution is 2.14. The highest BCUT2D eigenvalue weighted by atomic mass is 15.1. The van der Waals surface area contributed by atoms with Crippen molar-refractivity contribution in [1.82, 2.24) is 14.9 Å². The van der Waals surface area contributed by atoms with Crippen LogP contribution in [0.2, 0.25) is 0 Å². The van der Waals surface area contributed by atoms with Gasteiger partial charge in [-0.1, -0.05) is 13.8 Å². The maximum absolute atomic E-state index is 4.56. The first-order valence-corrected chi connectivity index (χ1v) is 6.65. The zero-order chi connectivity index (χ0) is 13.7. The summed E-state index contributed by atoms with van der Waals surface area (Å²) in [5.41, 5.74) is 1.02. The molecule has 0 saturated heterocycles. The van der Waals surface area contributed by atoms with Gasteiger partial charge in [-0.15, -0.1) is 0 Å². The van der Waals surface area contributed by atoms with E-state index in [1.54, 1.807) is 0 Å². The first kappa shape index (κ1) is 14.9. The molecule has 0 aliphatic carbocycles. The molecule has 4 nitrogen and oxygen atoms in total. The van der Waals surface area contributed by atoms with E-state index in [9.17, 15) is 0 Å². The smallest absolute Gasteiger partial charge is 0.133 e. The van der Waals surface area contributed by atoms with Crippen LogP contribution in [0.3, 0.4) is 0 Å². The maximum Gasteiger partial charge on any atom is 0.133 e. The van der Waals surface area contributed by atoms with Crippen LogP contribution in [-0.2, 0) is 0 Å². The Kier molecular flexibility index (Phi) is 5.54. The van der Waals surface area contributed by atoms with Gasteiger partial charge in [0.1, 0.15) is 11.6 Å². The lowest BCUT2D eigenvalue weighted by Crippen LogP contribution is -2.23. The lowest BCUT2D eigenvalue weighted by molar-refractivity contribution is 0.390. The fourth-order valence-corrected chi connectivity index (χ4v) is 1.70. The molecule has 0 fully saturated rings. The molecular weight excluding hydrogens is 224 g/mol. The van der Waals surface area contributed by atoms with Gasteiger partial charge in [-0.2, -0.15) is 0 Å². The van der Waals surface area contributed by atoms with Gasteiger partial charge in [0.05, 0.1) is 0 Å². The van der Waals surface area contributed by atoms with E-state index in [0.29, 0.717) is 12.0 Å². The summed E-state index contributed by atoms with van der Waals surface area (Å²) in [6.07, 6.45) is 1.10. The zero-order valence-electron chi connectivity index (χ0n) is 12.5. The third kappa shape index (κ3) is 5.00. The highest BCUT2D eigenvalue weighted by molar-refractivity contribution is 5.37. The summed E-state index contributed by atoms with van der Waals surface area (Å²) >= 11 is 0. The van der Waals surface area contributed by atoms with Crippen molar-refractivity contribution in [2.45, 2.75) is 46.1 Å². The lowest BCUT2D eigenvalue weighted by Gasteiger charge is -2.18. The van der Waals surface area contributed by atoms with Crippen molar-refractivity contribution < 1.29 is 0 Å². The highest BCUT2D eigenvalue weighted by Gasteiger charge is 2.08. The van der Waals surface area contributed by atoms with Crippen molar-refractivity contribution >= 4 is 5.82 Å². The predicted octanol–water partition coefficient (Wildman–Crippen LogP) is 2.66. The monoisotopic (exact) mass is 250 g/mol. The van der Waals surface area contributed by atoms with Crippen molar-refractivity contribution in [1.29, 1.82) is 0 Å². The van der Waals surface area contributed by atoms with E-state index in [1.807, 2.05) is 13.0 Å². The predicted molar refractivity (Wildman–Crippen MR) is 77.1 cm³/mol. The van der Waals surface area contributed by atoms with Gasteiger partial charge in [-0.05, 0) is 40.9 Å². The molecule has 0 aliphatic rings. The minimum Gasteiger partial charge on any atom is -0.367 e. The molecule has 0 spiro atoms. The Morgan fingerprint density at radius 2 is 1.89 bits per heavy atom. The van der Waals surface area contributed by atoms with E-state index in [1.165, 1.54) is 0 Å². The van der Waals surface area contributed by atoms with E-state index < -0.39 is 0 Å². The molecule has 1 aromatic heterocycles. The minimum atomic E-state index is 0.363. The third-order valence-electron chi connectivity index (χ3n) is 2.79. The van der Waals surface area contributed by atoms with E-state index in [-0.39, 0.29) is 0 Å². The first-order valence-electron chi connectivity index (χ1n) is 6.65. The Labute approximate surface area is 111 Å². The maximum atomic E-state index is 4.56. The number of anilines is 1. The van der Waals surface area contributed by atoms with Crippen molar-refractivity contribution in [3.63, 3.8) is 0 Å². The van der Waals surface area contributed by atoms with Gasteiger partial charge in [0.2, 0.25) is 0 Å². The molecule has 0 aromatic carbocycles. The van der Waals surface area contributed by atoms with Crippen LogP contribution >= 0.6 is 0 Å². The molecule has 1 aromatic rings. The molecule has 1 N–H and O–H groups in total. The Balaban J connectivity index is 2.66. The number of nitrogens with one attached hydrogen (secondary N) is 1. The van der Waals surface area contributed by atoms with Gasteiger partial charge in [0, 0.05) is 23.7 Å². The van der Waals surface area contributed by atoms with Gasteiger partial charge < -0.3 is 10.2 Å². The lowest BCUT2D eigenvalue weighted by atomic mass is 10.2. The van der Waals surface area contributed by atoms with E-state index in [2.05, 4.69) is 55.1 Å². The average Bonchev–Trinajstić information content (AvgIpc) is 2.25. The summed E-state index contributed by atoms with van der Waals surface area (Å²) in [4.78, 5) is 11.2. The molecule has 1 heterocycles. The largest absolute Gasteiger partial charge is 0.367 e. The summed E-state index contributed by atoms with van der Waals surface area (Å²) in [6.45, 7) is 9.52. The first-order chi connectivity index (χ1) is 8.38.